The molecule has 0 spiro atoms. The minimum atomic E-state index is 0.553. The van der Waals surface area contributed by atoms with Crippen LogP contribution in [0.4, 0.5) is 0 Å². The van der Waals surface area contributed by atoms with Gasteiger partial charge in [0.05, 0.1) is 39.7 Å². The molecule has 0 N–H and O–H groups in total. The maximum Gasteiger partial charge on any atom is 0.145 e. The van der Waals surface area contributed by atoms with Crippen molar-refractivity contribution in [2.24, 2.45) is 4.99 Å². The van der Waals surface area contributed by atoms with E-state index in [1.807, 2.05) is 6.07 Å². The van der Waals surface area contributed by atoms with Crippen molar-refractivity contribution in [3.8, 4) is 22.5 Å². The Kier molecular flexibility index (Phi) is 5.75. The summed E-state index contributed by atoms with van der Waals surface area (Å²) in [6.07, 6.45) is 0. The topological polar surface area (TPSA) is 35.4 Å². The van der Waals surface area contributed by atoms with E-state index < -0.39 is 0 Å². The van der Waals surface area contributed by atoms with Gasteiger partial charge in [0.25, 0.3) is 0 Å². The first-order valence-electron chi connectivity index (χ1n) is 16.3. The van der Waals surface area contributed by atoms with Gasteiger partial charge in [-0.1, -0.05) is 91.0 Å². The van der Waals surface area contributed by atoms with E-state index in [-0.39, 0.29) is 0 Å². The molecule has 0 atom stereocenters. The van der Waals surface area contributed by atoms with Crippen LogP contribution >= 0.6 is 0 Å². The third-order valence-corrected chi connectivity index (χ3v) is 9.78. The number of benzene rings is 7. The number of hydrogen-bond donors (Lipinski definition) is 0. The van der Waals surface area contributed by atoms with Crippen molar-refractivity contribution >= 4 is 72.3 Å². The summed E-state index contributed by atoms with van der Waals surface area (Å²) < 4.78 is 11.4. The lowest BCUT2D eigenvalue weighted by molar-refractivity contribution is 0.673. The van der Waals surface area contributed by atoms with Gasteiger partial charge in [0.2, 0.25) is 0 Å². The molecule has 10 aromatic rings. The summed E-state index contributed by atoms with van der Waals surface area (Å²) in [5.41, 5.74) is 12.1. The quantitative estimate of drug-likeness (QED) is 0.177. The Labute approximate surface area is 276 Å². The maximum atomic E-state index is 6.60. The first kappa shape index (κ1) is 26.8. The third kappa shape index (κ3) is 3.80. The summed E-state index contributed by atoms with van der Waals surface area (Å²) in [5, 5.41) is 7.03. The molecule has 48 heavy (non-hydrogen) atoms. The largest absolute Gasteiger partial charge is 0.455 e. The Morgan fingerprint density at radius 1 is 0.521 bits per heavy atom. The summed E-state index contributed by atoms with van der Waals surface area (Å²) in [5.74, 6) is 0. The van der Waals surface area contributed by atoms with Crippen molar-refractivity contribution in [2.45, 2.75) is 6.54 Å². The lowest BCUT2D eigenvalue weighted by Gasteiger charge is -2.16. The zero-order chi connectivity index (χ0) is 31.8. The monoisotopic (exact) mass is 615 g/mol. The Balaban J connectivity index is 1.31. The van der Waals surface area contributed by atoms with Crippen LogP contribution in [0.3, 0.4) is 0 Å². The van der Waals surface area contributed by atoms with Crippen molar-refractivity contribution in [3.05, 3.63) is 157 Å². The highest BCUT2D eigenvalue weighted by atomic mass is 16.3. The lowest BCUT2D eigenvalue weighted by Crippen LogP contribution is -1.99. The zero-order valence-corrected chi connectivity index (χ0v) is 26.1. The second-order valence-electron chi connectivity index (χ2n) is 12.4. The maximum absolute atomic E-state index is 6.60. The molecule has 226 valence electrons. The summed E-state index contributed by atoms with van der Waals surface area (Å²) in [4.78, 5) is 4.24. The van der Waals surface area contributed by atoms with Gasteiger partial charge in [-0.2, -0.15) is 0 Å². The fourth-order valence-electron chi connectivity index (χ4n) is 7.72. The molecule has 10 rings (SSSR count). The molecule has 4 nitrogen and oxygen atoms in total. The summed E-state index contributed by atoms with van der Waals surface area (Å²) in [7, 11) is 0. The van der Waals surface area contributed by atoms with E-state index in [0.717, 1.165) is 71.8 Å². The van der Waals surface area contributed by atoms with Crippen LogP contribution in [0.1, 0.15) is 5.56 Å². The van der Waals surface area contributed by atoms with Gasteiger partial charge in [0, 0.05) is 38.2 Å². The molecule has 0 bridgehead atoms. The van der Waals surface area contributed by atoms with Gasteiger partial charge in [-0.3, -0.25) is 4.99 Å². The molecule has 0 unspecified atom stereocenters. The normalized spacial score (nSPS) is 11.9. The van der Waals surface area contributed by atoms with Gasteiger partial charge < -0.3 is 13.6 Å². The Morgan fingerprint density at radius 3 is 1.98 bits per heavy atom. The number of fused-ring (bicyclic) bond motifs is 10. The predicted molar refractivity (Wildman–Crippen MR) is 201 cm³/mol. The molecule has 0 radical (unpaired) electrons. The molecule has 0 amide bonds. The molecule has 0 saturated heterocycles. The fraction of sp³-hybridized carbons (Fsp3) is 0.0227. The van der Waals surface area contributed by atoms with Crippen LogP contribution in [0, 0.1) is 0 Å². The minimum Gasteiger partial charge on any atom is -0.455 e. The van der Waals surface area contributed by atoms with Gasteiger partial charge in [-0.15, -0.1) is 0 Å². The minimum absolute atomic E-state index is 0.553. The van der Waals surface area contributed by atoms with Crippen LogP contribution in [0.15, 0.2) is 161 Å². The van der Waals surface area contributed by atoms with Crippen molar-refractivity contribution in [3.63, 3.8) is 0 Å². The third-order valence-electron chi connectivity index (χ3n) is 9.78. The number of aliphatic imine (C=N–C) groups is 1. The molecule has 0 aliphatic rings. The van der Waals surface area contributed by atoms with Crippen LogP contribution in [0.2, 0.25) is 0 Å². The molecular formula is C44H29N3O. The number of furan rings is 1. The molecule has 3 aromatic heterocycles. The van der Waals surface area contributed by atoms with Gasteiger partial charge in [-0.25, -0.2) is 0 Å². The molecular weight excluding hydrogens is 587 g/mol. The van der Waals surface area contributed by atoms with Crippen LogP contribution in [0.25, 0.3) is 88.1 Å². The van der Waals surface area contributed by atoms with Gasteiger partial charge in [0.15, 0.2) is 0 Å². The first-order chi connectivity index (χ1) is 23.8. The molecule has 4 heteroatoms. The van der Waals surface area contributed by atoms with Crippen LogP contribution < -0.4 is 0 Å². The van der Waals surface area contributed by atoms with Gasteiger partial charge in [0.1, 0.15) is 11.2 Å². The van der Waals surface area contributed by atoms with Gasteiger partial charge in [-0.05, 0) is 78.5 Å². The summed E-state index contributed by atoms with van der Waals surface area (Å²) in [6.45, 7) is 4.35. The highest BCUT2D eigenvalue weighted by molar-refractivity contribution is 6.24. The van der Waals surface area contributed by atoms with E-state index in [0.29, 0.717) is 6.54 Å². The second-order valence-corrected chi connectivity index (χ2v) is 12.4. The Morgan fingerprint density at radius 2 is 1.21 bits per heavy atom. The van der Waals surface area contributed by atoms with Crippen LogP contribution in [-0.2, 0) is 6.54 Å². The number of hydrogen-bond acceptors (Lipinski definition) is 2. The highest BCUT2D eigenvalue weighted by Crippen LogP contribution is 2.43. The molecule has 0 fully saturated rings. The molecule has 3 heterocycles. The second kappa shape index (κ2) is 10.3. The predicted octanol–water partition coefficient (Wildman–Crippen LogP) is 11.6. The number of nitrogens with zero attached hydrogens (tertiary/aromatic N) is 3. The van der Waals surface area contributed by atoms with Crippen molar-refractivity contribution in [1.82, 2.24) is 9.13 Å². The number of aromatic nitrogens is 2. The standard InChI is InChI=1S/C44H29N3O/c1-45-27-28-19-23-39(47-37-16-8-5-13-31(37)32-14-6-9-17-38(32)47)36(25-28)29-20-21-35-41(26-29)46(30-11-3-2-4-12-30)40-24-22-34-33-15-7-10-18-42(33)48-44(34)43(35)40/h2-26H,1,27H2. The van der Waals surface area contributed by atoms with Crippen LogP contribution in [-0.4, -0.2) is 15.9 Å². The van der Waals surface area contributed by atoms with E-state index in [4.69, 9.17) is 4.42 Å². The molecule has 7 aromatic carbocycles. The number of para-hydroxylation sites is 4. The molecule has 0 saturated carbocycles. The van der Waals surface area contributed by atoms with Crippen LogP contribution in [0.5, 0.6) is 0 Å². The Hall–Kier alpha value is -6.39. The van der Waals surface area contributed by atoms with E-state index >= 15 is 0 Å². The SMILES string of the molecule is C=NCc1ccc(-n2c3ccccc3c3ccccc32)c(-c2ccc3c4c5oc6ccccc6c5ccc4n(-c4ccccc4)c3c2)c1. The highest BCUT2D eigenvalue weighted by Gasteiger charge is 2.21. The van der Waals surface area contributed by atoms with E-state index in [1.165, 1.54) is 21.8 Å². The fourth-order valence-corrected chi connectivity index (χ4v) is 7.72. The molecule has 0 aliphatic heterocycles. The summed E-state index contributed by atoms with van der Waals surface area (Å²) >= 11 is 0. The molecule has 0 aliphatic carbocycles. The van der Waals surface area contributed by atoms with E-state index in [9.17, 15) is 0 Å². The smallest absolute Gasteiger partial charge is 0.145 e. The average molecular weight is 616 g/mol. The first-order valence-corrected chi connectivity index (χ1v) is 16.3. The van der Waals surface area contributed by atoms with E-state index in [1.54, 1.807) is 0 Å². The lowest BCUT2D eigenvalue weighted by atomic mass is 9.98. The van der Waals surface area contributed by atoms with Crippen molar-refractivity contribution < 1.29 is 4.42 Å². The van der Waals surface area contributed by atoms with E-state index in [2.05, 4.69) is 166 Å². The Bertz CT molecular complexity index is 2830. The zero-order valence-electron chi connectivity index (χ0n) is 26.1. The van der Waals surface area contributed by atoms with Gasteiger partial charge >= 0.3 is 0 Å². The van der Waals surface area contributed by atoms with Crippen molar-refractivity contribution in [2.75, 3.05) is 0 Å². The van der Waals surface area contributed by atoms with Crippen molar-refractivity contribution in [1.29, 1.82) is 0 Å². The summed E-state index contributed by atoms with van der Waals surface area (Å²) in [6, 6.07) is 54.3. The number of rotatable bonds is 5. The average Bonchev–Trinajstić information content (AvgIpc) is 3.79.